The number of aromatic hydroxyl groups is 1. The van der Waals surface area contributed by atoms with Gasteiger partial charge in [-0.15, -0.1) is 0 Å². The summed E-state index contributed by atoms with van der Waals surface area (Å²) in [6, 6.07) is 4.97. The summed E-state index contributed by atoms with van der Waals surface area (Å²) in [5, 5.41) is 10.5. The van der Waals surface area contributed by atoms with E-state index in [1.54, 1.807) is 30.7 Å². The summed E-state index contributed by atoms with van der Waals surface area (Å²) < 4.78 is 32.3. The standard InChI is InChI=1S/C15H18N4O3S.C3H6O/c1-15(2,18-23(3,21)22)8-19-9-17-13-7-16-12-6-10(20)4-5-11(12)14(13)19;1-2-4-3-1/h4-7,9,18,20H,8H2,1-3H3;1-3H2. The summed E-state index contributed by atoms with van der Waals surface area (Å²) in [4.78, 5) is 8.62. The molecular formula is C18H24N4O4S. The Balaban J connectivity index is 0.000000466. The summed E-state index contributed by atoms with van der Waals surface area (Å²) in [5.41, 5.74) is 1.57. The minimum Gasteiger partial charge on any atom is -0.508 e. The molecule has 8 nitrogen and oxygen atoms in total. The van der Waals surface area contributed by atoms with Crippen molar-refractivity contribution in [2.24, 2.45) is 0 Å². The quantitative estimate of drug-likeness (QED) is 0.704. The lowest BCUT2D eigenvalue weighted by molar-refractivity contribution is 0.0367. The lowest BCUT2D eigenvalue weighted by Gasteiger charge is -2.25. The van der Waals surface area contributed by atoms with Gasteiger partial charge in [0.25, 0.3) is 0 Å². The summed E-state index contributed by atoms with van der Waals surface area (Å²) >= 11 is 0. The van der Waals surface area contributed by atoms with E-state index in [1.807, 2.05) is 18.4 Å². The summed E-state index contributed by atoms with van der Waals surface area (Å²) in [7, 11) is -3.32. The highest BCUT2D eigenvalue weighted by Crippen LogP contribution is 2.26. The number of phenolic OH excluding ortho intramolecular Hbond substituents is 1. The molecule has 1 aromatic carbocycles. The lowest BCUT2D eigenvalue weighted by atomic mass is 10.1. The van der Waals surface area contributed by atoms with Gasteiger partial charge in [-0.25, -0.2) is 18.1 Å². The summed E-state index contributed by atoms with van der Waals surface area (Å²) in [5.74, 6) is 0.148. The van der Waals surface area contributed by atoms with Gasteiger partial charge in [0, 0.05) is 36.8 Å². The molecule has 4 rings (SSSR count). The molecule has 1 fully saturated rings. The number of rotatable bonds is 4. The molecule has 3 heterocycles. The predicted octanol–water partition coefficient (Wildman–Crippen LogP) is 2.02. The van der Waals surface area contributed by atoms with Crippen molar-refractivity contribution in [3.63, 3.8) is 0 Å². The van der Waals surface area contributed by atoms with Crippen molar-refractivity contribution in [3.05, 3.63) is 30.7 Å². The number of ether oxygens (including phenoxy) is 1. The first kappa shape index (κ1) is 19.5. The second-order valence-corrected chi connectivity index (χ2v) is 9.04. The fourth-order valence-electron chi connectivity index (χ4n) is 2.97. The van der Waals surface area contributed by atoms with Crippen LogP contribution in [0.4, 0.5) is 0 Å². The van der Waals surface area contributed by atoms with Gasteiger partial charge in [-0.2, -0.15) is 0 Å². The Labute approximate surface area is 158 Å². The maximum Gasteiger partial charge on any atom is 0.209 e. The van der Waals surface area contributed by atoms with Gasteiger partial charge in [0.2, 0.25) is 10.0 Å². The molecular weight excluding hydrogens is 368 g/mol. The Morgan fingerprint density at radius 3 is 2.52 bits per heavy atom. The number of pyridine rings is 1. The van der Waals surface area contributed by atoms with Gasteiger partial charge >= 0.3 is 0 Å². The monoisotopic (exact) mass is 392 g/mol. The Bertz CT molecular complexity index is 1050. The number of benzene rings is 1. The second-order valence-electron chi connectivity index (χ2n) is 7.29. The van der Waals surface area contributed by atoms with Crippen LogP contribution in [0.25, 0.3) is 21.9 Å². The molecule has 0 amide bonds. The lowest BCUT2D eigenvalue weighted by Crippen LogP contribution is -2.45. The molecule has 27 heavy (non-hydrogen) atoms. The predicted molar refractivity (Wildman–Crippen MR) is 104 cm³/mol. The highest BCUT2D eigenvalue weighted by atomic mass is 32.2. The Kier molecular flexibility index (Phi) is 5.36. The number of fused-ring (bicyclic) bond motifs is 3. The van der Waals surface area contributed by atoms with E-state index in [0.717, 1.165) is 35.9 Å². The second kappa shape index (κ2) is 7.41. The highest BCUT2D eigenvalue weighted by Gasteiger charge is 2.24. The number of nitrogens with zero attached hydrogens (tertiary/aromatic N) is 3. The van der Waals surface area contributed by atoms with Gasteiger partial charge in [-0.05, 0) is 32.4 Å². The van der Waals surface area contributed by atoms with Crippen LogP contribution in [0.2, 0.25) is 0 Å². The van der Waals surface area contributed by atoms with E-state index in [9.17, 15) is 13.5 Å². The fraction of sp³-hybridized carbons (Fsp3) is 0.444. The normalized spacial score (nSPS) is 14.6. The molecule has 2 aromatic heterocycles. The molecule has 0 aliphatic carbocycles. The first-order valence-electron chi connectivity index (χ1n) is 8.64. The van der Waals surface area contributed by atoms with Crippen LogP contribution >= 0.6 is 0 Å². The maximum absolute atomic E-state index is 11.5. The van der Waals surface area contributed by atoms with E-state index in [2.05, 4.69) is 14.7 Å². The zero-order chi connectivity index (χ0) is 19.7. The van der Waals surface area contributed by atoms with E-state index in [0.29, 0.717) is 12.1 Å². The van der Waals surface area contributed by atoms with Crippen LogP contribution < -0.4 is 4.72 Å². The fourth-order valence-corrected chi connectivity index (χ4v) is 4.04. The van der Waals surface area contributed by atoms with E-state index >= 15 is 0 Å². The van der Waals surface area contributed by atoms with Gasteiger partial charge in [0.1, 0.15) is 11.3 Å². The molecule has 0 radical (unpaired) electrons. The van der Waals surface area contributed by atoms with Gasteiger partial charge in [0.05, 0.1) is 29.8 Å². The van der Waals surface area contributed by atoms with Gasteiger partial charge in [-0.1, -0.05) is 0 Å². The van der Waals surface area contributed by atoms with Gasteiger partial charge < -0.3 is 14.4 Å². The number of imidazole rings is 1. The SMILES string of the molecule is C1COC1.CC(C)(Cn1cnc2cnc3cc(O)ccc3c21)NS(C)(=O)=O. The molecule has 1 saturated heterocycles. The molecule has 0 saturated carbocycles. The molecule has 3 aromatic rings. The number of phenols is 1. The van der Waals surface area contributed by atoms with Crippen LogP contribution in [-0.2, 0) is 21.3 Å². The van der Waals surface area contributed by atoms with Crippen molar-refractivity contribution in [2.45, 2.75) is 32.4 Å². The van der Waals surface area contributed by atoms with Crippen LogP contribution in [0.1, 0.15) is 20.3 Å². The average Bonchev–Trinajstić information content (AvgIpc) is 2.85. The Morgan fingerprint density at radius 2 is 1.93 bits per heavy atom. The third-order valence-corrected chi connectivity index (χ3v) is 4.96. The third-order valence-electron chi connectivity index (χ3n) is 4.03. The molecule has 0 spiro atoms. The number of aromatic nitrogens is 3. The van der Waals surface area contributed by atoms with Gasteiger partial charge in [-0.3, -0.25) is 4.98 Å². The summed E-state index contributed by atoms with van der Waals surface area (Å²) in [6.07, 6.45) is 5.73. The van der Waals surface area contributed by atoms with E-state index in [4.69, 9.17) is 4.74 Å². The maximum atomic E-state index is 11.5. The zero-order valence-electron chi connectivity index (χ0n) is 15.6. The molecule has 9 heteroatoms. The first-order chi connectivity index (χ1) is 12.6. The third kappa shape index (κ3) is 4.94. The van der Waals surface area contributed by atoms with Crippen LogP contribution in [0.5, 0.6) is 5.75 Å². The molecule has 0 atom stereocenters. The minimum absolute atomic E-state index is 0.148. The van der Waals surface area contributed by atoms with Crippen LogP contribution in [0.15, 0.2) is 30.7 Å². The number of nitrogens with one attached hydrogen (secondary N) is 1. The van der Waals surface area contributed by atoms with E-state index < -0.39 is 15.6 Å². The molecule has 0 bridgehead atoms. The van der Waals surface area contributed by atoms with Crippen molar-refractivity contribution in [3.8, 4) is 5.75 Å². The number of hydrogen-bond acceptors (Lipinski definition) is 6. The van der Waals surface area contributed by atoms with E-state index in [-0.39, 0.29) is 5.75 Å². The van der Waals surface area contributed by atoms with Crippen LogP contribution in [0.3, 0.4) is 0 Å². The first-order valence-corrected chi connectivity index (χ1v) is 10.5. The van der Waals surface area contributed by atoms with Crippen molar-refractivity contribution < 1.29 is 18.3 Å². The molecule has 0 unspecified atom stereocenters. The molecule has 1 aliphatic heterocycles. The zero-order valence-corrected chi connectivity index (χ0v) is 16.5. The van der Waals surface area contributed by atoms with Crippen molar-refractivity contribution in [2.75, 3.05) is 19.5 Å². The van der Waals surface area contributed by atoms with Crippen molar-refractivity contribution in [1.82, 2.24) is 19.3 Å². The van der Waals surface area contributed by atoms with Crippen LogP contribution in [0, 0.1) is 0 Å². The summed E-state index contributed by atoms with van der Waals surface area (Å²) in [6.45, 7) is 6.04. The number of hydrogen-bond donors (Lipinski definition) is 2. The molecule has 2 N–H and O–H groups in total. The van der Waals surface area contributed by atoms with Crippen LogP contribution in [-0.4, -0.2) is 53.1 Å². The molecule has 1 aliphatic rings. The average molecular weight is 392 g/mol. The smallest absolute Gasteiger partial charge is 0.209 e. The van der Waals surface area contributed by atoms with Crippen molar-refractivity contribution in [1.29, 1.82) is 0 Å². The topological polar surface area (TPSA) is 106 Å². The number of sulfonamides is 1. The van der Waals surface area contributed by atoms with Crippen molar-refractivity contribution >= 4 is 32.0 Å². The van der Waals surface area contributed by atoms with E-state index in [1.165, 1.54) is 6.42 Å². The Hall–Kier alpha value is -2.23. The highest BCUT2D eigenvalue weighted by molar-refractivity contribution is 7.88. The largest absolute Gasteiger partial charge is 0.508 e. The minimum atomic E-state index is -3.32. The van der Waals surface area contributed by atoms with Gasteiger partial charge in [0.15, 0.2) is 0 Å². The molecule has 146 valence electrons. The Morgan fingerprint density at radius 1 is 1.26 bits per heavy atom.